The lowest BCUT2D eigenvalue weighted by Gasteiger charge is -2.03. The van der Waals surface area contributed by atoms with Gasteiger partial charge in [0.25, 0.3) is 0 Å². The Morgan fingerprint density at radius 2 is 2.33 bits per heavy atom. The molecule has 1 nitrogen and oxygen atoms in total. The summed E-state index contributed by atoms with van der Waals surface area (Å²) in [5.74, 6) is 2.64. The molecule has 0 amide bonds. The highest BCUT2D eigenvalue weighted by Gasteiger charge is 2.11. The number of halogens is 1. The van der Waals surface area contributed by atoms with Crippen LogP contribution in [0.5, 0.6) is 0 Å². The van der Waals surface area contributed by atoms with E-state index in [1.807, 2.05) is 11.4 Å². The second-order valence-electron chi connectivity index (χ2n) is 3.76. The fourth-order valence-electron chi connectivity index (χ4n) is 1.04. The van der Waals surface area contributed by atoms with E-state index >= 15 is 0 Å². The van der Waals surface area contributed by atoms with Crippen LogP contribution in [0.1, 0.15) is 29.9 Å². The topological polar surface area (TPSA) is 17.1 Å². The fourth-order valence-corrected chi connectivity index (χ4v) is 3.78. The monoisotopic (exact) mass is 306 g/mol. The molecular weight excluding hydrogens is 292 g/mol. The van der Waals surface area contributed by atoms with Gasteiger partial charge in [-0.1, -0.05) is 13.8 Å². The Hall–Kier alpha value is 0.200. The molecule has 1 heterocycles. The van der Waals surface area contributed by atoms with Crippen molar-refractivity contribution in [2.45, 2.75) is 20.3 Å². The molecule has 0 bridgehead atoms. The number of carbonyl (C=O) groups is 1. The number of ketones is 1. The molecule has 1 aromatic rings. The van der Waals surface area contributed by atoms with Crippen molar-refractivity contribution in [1.29, 1.82) is 0 Å². The van der Waals surface area contributed by atoms with Gasteiger partial charge in [-0.2, -0.15) is 11.8 Å². The number of Topliss-reactive ketones (excluding diaryl/α,β-unsaturated/α-hetero) is 1. The lowest BCUT2D eigenvalue weighted by atomic mass is 10.2. The molecular formula is C11H15BrOS2. The molecule has 0 aromatic carbocycles. The first kappa shape index (κ1) is 13.3. The van der Waals surface area contributed by atoms with Crippen LogP contribution in [0.2, 0.25) is 0 Å². The van der Waals surface area contributed by atoms with Crippen molar-refractivity contribution in [2.24, 2.45) is 5.92 Å². The minimum atomic E-state index is 0.241. The molecule has 84 valence electrons. The molecule has 0 saturated carbocycles. The number of thiophene rings is 1. The number of hydrogen-bond acceptors (Lipinski definition) is 3. The fraction of sp³-hybridized carbons (Fsp3) is 0.545. The predicted molar refractivity (Wildman–Crippen MR) is 73.1 cm³/mol. The molecule has 0 aliphatic rings. The zero-order chi connectivity index (χ0) is 11.3. The van der Waals surface area contributed by atoms with Gasteiger partial charge in [0.15, 0.2) is 5.78 Å². The van der Waals surface area contributed by atoms with Crippen LogP contribution < -0.4 is 0 Å². The van der Waals surface area contributed by atoms with Gasteiger partial charge in [-0.15, -0.1) is 11.3 Å². The first-order valence-corrected chi connectivity index (χ1v) is 7.78. The summed E-state index contributed by atoms with van der Waals surface area (Å²) in [4.78, 5) is 12.6. The summed E-state index contributed by atoms with van der Waals surface area (Å²) < 4.78 is 0.932. The zero-order valence-corrected chi connectivity index (χ0v) is 12.2. The Balaban J connectivity index is 2.28. The number of rotatable bonds is 6. The first-order valence-electron chi connectivity index (χ1n) is 4.95. The first-order chi connectivity index (χ1) is 7.11. The Labute approximate surface area is 108 Å². The van der Waals surface area contributed by atoms with Gasteiger partial charge in [0.05, 0.1) is 10.6 Å². The van der Waals surface area contributed by atoms with E-state index in [9.17, 15) is 4.79 Å². The quantitative estimate of drug-likeness (QED) is 0.569. The van der Waals surface area contributed by atoms with Crippen LogP contribution in [0.15, 0.2) is 15.9 Å². The van der Waals surface area contributed by atoms with E-state index in [1.165, 1.54) is 17.8 Å². The largest absolute Gasteiger partial charge is 0.292 e. The van der Waals surface area contributed by atoms with Gasteiger partial charge in [-0.3, -0.25) is 4.79 Å². The van der Waals surface area contributed by atoms with Gasteiger partial charge >= 0.3 is 0 Å². The van der Waals surface area contributed by atoms with Crippen molar-refractivity contribution in [1.82, 2.24) is 0 Å². The summed E-state index contributed by atoms with van der Waals surface area (Å²) in [5, 5.41) is 1.94. The van der Waals surface area contributed by atoms with Crippen molar-refractivity contribution in [3.05, 3.63) is 20.8 Å². The van der Waals surface area contributed by atoms with Crippen LogP contribution in [0.25, 0.3) is 0 Å². The molecule has 0 radical (unpaired) electrons. The standard InChI is InChI=1S/C11H15BrOS2/c1-8(2)3-5-14-7-10(13)11-9(12)4-6-15-11/h4,6,8H,3,5,7H2,1-2H3. The smallest absolute Gasteiger partial charge is 0.183 e. The maximum Gasteiger partial charge on any atom is 0.183 e. The molecule has 0 saturated heterocycles. The number of carbonyl (C=O) groups excluding carboxylic acids is 1. The van der Waals surface area contributed by atoms with Crippen LogP contribution in [-0.4, -0.2) is 17.3 Å². The average Bonchev–Trinajstić information content (AvgIpc) is 2.58. The Bertz CT molecular complexity index is 320. The maximum absolute atomic E-state index is 11.7. The third-order valence-electron chi connectivity index (χ3n) is 1.94. The van der Waals surface area contributed by atoms with E-state index in [1.54, 1.807) is 11.8 Å². The van der Waals surface area contributed by atoms with E-state index < -0.39 is 0 Å². The van der Waals surface area contributed by atoms with Crippen LogP contribution >= 0.6 is 39.0 Å². The predicted octanol–water partition coefficient (Wildman–Crippen LogP) is 4.47. The minimum absolute atomic E-state index is 0.241. The lowest BCUT2D eigenvalue weighted by Crippen LogP contribution is -2.02. The molecule has 4 heteroatoms. The van der Waals surface area contributed by atoms with E-state index in [2.05, 4.69) is 29.8 Å². The minimum Gasteiger partial charge on any atom is -0.292 e. The lowest BCUT2D eigenvalue weighted by molar-refractivity contribution is 0.102. The van der Waals surface area contributed by atoms with Gasteiger partial charge in [-0.25, -0.2) is 0 Å². The van der Waals surface area contributed by atoms with E-state index in [0.29, 0.717) is 5.75 Å². The van der Waals surface area contributed by atoms with Crippen LogP contribution in [-0.2, 0) is 0 Å². The van der Waals surface area contributed by atoms with Crippen molar-refractivity contribution in [3.63, 3.8) is 0 Å². The highest BCUT2D eigenvalue weighted by molar-refractivity contribution is 9.10. The average molecular weight is 307 g/mol. The molecule has 0 aliphatic heterocycles. The van der Waals surface area contributed by atoms with Gasteiger partial charge in [0.1, 0.15) is 0 Å². The summed E-state index contributed by atoms with van der Waals surface area (Å²) in [5.41, 5.74) is 0. The van der Waals surface area contributed by atoms with Crippen molar-refractivity contribution < 1.29 is 4.79 Å². The summed E-state index contributed by atoms with van der Waals surface area (Å²) in [6, 6.07) is 1.93. The highest BCUT2D eigenvalue weighted by Crippen LogP contribution is 2.24. The number of hydrogen-bond donors (Lipinski definition) is 0. The second kappa shape index (κ2) is 6.71. The molecule has 0 fully saturated rings. The van der Waals surface area contributed by atoms with Crippen LogP contribution in [0, 0.1) is 5.92 Å². The zero-order valence-electron chi connectivity index (χ0n) is 8.96. The molecule has 0 atom stereocenters. The number of thioether (sulfide) groups is 1. The third-order valence-corrected chi connectivity index (χ3v) is 4.81. The van der Waals surface area contributed by atoms with Gasteiger partial charge in [-0.05, 0) is 45.5 Å². The molecule has 0 N–H and O–H groups in total. The van der Waals surface area contributed by atoms with Gasteiger partial charge in [0.2, 0.25) is 0 Å². The summed E-state index contributed by atoms with van der Waals surface area (Å²) >= 11 is 6.62. The molecule has 0 spiro atoms. The van der Waals surface area contributed by atoms with Crippen LogP contribution in [0.3, 0.4) is 0 Å². The SMILES string of the molecule is CC(C)CCSCC(=O)c1sccc1Br. The third kappa shape index (κ3) is 4.70. The summed E-state index contributed by atoms with van der Waals surface area (Å²) in [7, 11) is 0. The summed E-state index contributed by atoms with van der Waals surface area (Å²) in [6.07, 6.45) is 1.18. The van der Waals surface area contributed by atoms with E-state index in [4.69, 9.17) is 0 Å². The highest BCUT2D eigenvalue weighted by atomic mass is 79.9. The van der Waals surface area contributed by atoms with Gasteiger partial charge in [0, 0.05) is 4.47 Å². The normalized spacial score (nSPS) is 10.9. The van der Waals surface area contributed by atoms with E-state index in [-0.39, 0.29) is 5.78 Å². The molecule has 0 unspecified atom stereocenters. The Morgan fingerprint density at radius 3 is 2.87 bits per heavy atom. The Morgan fingerprint density at radius 1 is 1.60 bits per heavy atom. The second-order valence-corrected chi connectivity index (χ2v) is 6.63. The molecule has 15 heavy (non-hydrogen) atoms. The molecule has 1 aromatic heterocycles. The molecule has 1 rings (SSSR count). The maximum atomic E-state index is 11.7. The molecule has 0 aliphatic carbocycles. The van der Waals surface area contributed by atoms with Crippen molar-refractivity contribution in [3.8, 4) is 0 Å². The van der Waals surface area contributed by atoms with Crippen molar-refractivity contribution in [2.75, 3.05) is 11.5 Å². The van der Waals surface area contributed by atoms with Crippen molar-refractivity contribution >= 4 is 44.8 Å². The van der Waals surface area contributed by atoms with Crippen LogP contribution in [0.4, 0.5) is 0 Å². The summed E-state index contributed by atoms with van der Waals surface area (Å²) in [6.45, 7) is 4.41. The Kier molecular flexibility index (Phi) is 5.94. The van der Waals surface area contributed by atoms with E-state index in [0.717, 1.165) is 21.0 Å². The van der Waals surface area contributed by atoms with Gasteiger partial charge < -0.3 is 0 Å².